The molecular formula is C19H24N4O2. The summed E-state index contributed by atoms with van der Waals surface area (Å²) in [5, 5.41) is 3.02. The second-order valence-corrected chi connectivity index (χ2v) is 6.47. The van der Waals surface area contributed by atoms with Crippen LogP contribution in [-0.2, 0) is 11.2 Å². The average Bonchev–Trinajstić information content (AvgIpc) is 3.08. The van der Waals surface area contributed by atoms with E-state index in [0.717, 1.165) is 12.1 Å². The topological polar surface area (TPSA) is 78.1 Å². The molecule has 0 unspecified atom stereocenters. The lowest BCUT2D eigenvalue weighted by Crippen LogP contribution is -2.43. The van der Waals surface area contributed by atoms with Crippen molar-refractivity contribution in [2.45, 2.75) is 26.2 Å². The van der Waals surface area contributed by atoms with Crippen molar-refractivity contribution in [3.05, 3.63) is 53.6 Å². The molecule has 2 amide bonds. The van der Waals surface area contributed by atoms with E-state index >= 15 is 0 Å². The monoisotopic (exact) mass is 340 g/mol. The van der Waals surface area contributed by atoms with Crippen LogP contribution in [0, 0.1) is 12.8 Å². The standard InChI is InChI=1S/C19H24N4O2/c1-14-17(22-13-21-14)19(25)23-11-8-16(9-12-23)18(24)20-10-7-15-5-3-2-4-6-15/h2-6,13,16H,7-12H2,1H3,(H,20,24)(H,21,22). The summed E-state index contributed by atoms with van der Waals surface area (Å²) in [6.07, 6.45) is 3.77. The zero-order valence-corrected chi connectivity index (χ0v) is 14.5. The van der Waals surface area contributed by atoms with Crippen molar-refractivity contribution in [2.24, 2.45) is 5.92 Å². The molecule has 3 rings (SSSR count). The van der Waals surface area contributed by atoms with E-state index < -0.39 is 0 Å². The van der Waals surface area contributed by atoms with Crippen LogP contribution < -0.4 is 5.32 Å². The Balaban J connectivity index is 1.43. The van der Waals surface area contributed by atoms with Crippen molar-refractivity contribution < 1.29 is 9.59 Å². The molecule has 1 aliphatic heterocycles. The second-order valence-electron chi connectivity index (χ2n) is 6.47. The van der Waals surface area contributed by atoms with Gasteiger partial charge in [0.2, 0.25) is 5.91 Å². The van der Waals surface area contributed by atoms with Gasteiger partial charge in [-0.05, 0) is 31.7 Å². The van der Waals surface area contributed by atoms with Gasteiger partial charge in [0.05, 0.1) is 6.33 Å². The summed E-state index contributed by atoms with van der Waals surface area (Å²) in [5.41, 5.74) is 2.48. The Hall–Kier alpha value is -2.63. The summed E-state index contributed by atoms with van der Waals surface area (Å²) >= 11 is 0. The van der Waals surface area contributed by atoms with Crippen LogP contribution in [0.25, 0.3) is 0 Å². The van der Waals surface area contributed by atoms with E-state index in [0.29, 0.717) is 38.2 Å². The fraction of sp³-hybridized carbons (Fsp3) is 0.421. The van der Waals surface area contributed by atoms with Gasteiger partial charge in [-0.3, -0.25) is 9.59 Å². The number of amides is 2. The van der Waals surface area contributed by atoms with E-state index in [4.69, 9.17) is 0 Å². The number of hydrogen-bond acceptors (Lipinski definition) is 3. The number of aromatic nitrogens is 2. The van der Waals surface area contributed by atoms with Gasteiger partial charge in [-0.2, -0.15) is 0 Å². The zero-order chi connectivity index (χ0) is 17.6. The lowest BCUT2D eigenvalue weighted by Gasteiger charge is -2.31. The van der Waals surface area contributed by atoms with Gasteiger partial charge < -0.3 is 15.2 Å². The van der Waals surface area contributed by atoms with Crippen LogP contribution in [0.3, 0.4) is 0 Å². The van der Waals surface area contributed by atoms with Crippen molar-refractivity contribution >= 4 is 11.8 Å². The SMILES string of the molecule is Cc1[nH]cnc1C(=O)N1CCC(C(=O)NCCc2ccccc2)CC1. The third kappa shape index (κ3) is 4.26. The predicted molar refractivity (Wildman–Crippen MR) is 95.1 cm³/mol. The number of hydrogen-bond donors (Lipinski definition) is 2. The van der Waals surface area contributed by atoms with Crippen molar-refractivity contribution in [1.29, 1.82) is 0 Å². The van der Waals surface area contributed by atoms with Crippen LogP contribution in [-0.4, -0.2) is 46.3 Å². The lowest BCUT2D eigenvalue weighted by atomic mass is 9.95. The van der Waals surface area contributed by atoms with E-state index in [2.05, 4.69) is 27.4 Å². The van der Waals surface area contributed by atoms with Crippen molar-refractivity contribution in [1.82, 2.24) is 20.2 Å². The number of aromatic amines is 1. The van der Waals surface area contributed by atoms with Gasteiger partial charge in [0, 0.05) is 31.2 Å². The number of aryl methyl sites for hydroxylation is 1. The molecule has 1 aliphatic rings. The number of imidazole rings is 1. The second kappa shape index (κ2) is 7.96. The smallest absolute Gasteiger partial charge is 0.274 e. The fourth-order valence-electron chi connectivity index (χ4n) is 3.19. The van der Waals surface area contributed by atoms with Gasteiger partial charge in [0.25, 0.3) is 5.91 Å². The number of rotatable bonds is 5. The van der Waals surface area contributed by atoms with Crippen molar-refractivity contribution in [3.63, 3.8) is 0 Å². The zero-order valence-electron chi connectivity index (χ0n) is 14.5. The summed E-state index contributed by atoms with van der Waals surface area (Å²) in [4.78, 5) is 33.6. The number of benzene rings is 1. The molecule has 1 fully saturated rings. The van der Waals surface area contributed by atoms with Gasteiger partial charge in [0.1, 0.15) is 5.69 Å². The Morgan fingerprint density at radius 2 is 1.96 bits per heavy atom. The van der Waals surface area contributed by atoms with E-state index in [9.17, 15) is 9.59 Å². The van der Waals surface area contributed by atoms with E-state index in [1.54, 1.807) is 4.90 Å². The van der Waals surface area contributed by atoms with Crippen LogP contribution >= 0.6 is 0 Å². The quantitative estimate of drug-likeness (QED) is 0.873. The minimum Gasteiger partial charge on any atom is -0.356 e. The third-order valence-electron chi connectivity index (χ3n) is 4.74. The summed E-state index contributed by atoms with van der Waals surface area (Å²) in [7, 11) is 0. The Bertz CT molecular complexity index is 718. The van der Waals surface area contributed by atoms with E-state index in [-0.39, 0.29) is 17.7 Å². The minimum absolute atomic E-state index is 0.0138. The number of carbonyl (C=O) groups is 2. The molecule has 2 heterocycles. The molecule has 6 nitrogen and oxygen atoms in total. The van der Waals surface area contributed by atoms with Gasteiger partial charge in [-0.1, -0.05) is 30.3 Å². The molecular weight excluding hydrogens is 316 g/mol. The molecule has 2 aromatic rings. The van der Waals surface area contributed by atoms with Gasteiger partial charge in [-0.15, -0.1) is 0 Å². The Morgan fingerprint density at radius 3 is 2.60 bits per heavy atom. The first-order chi connectivity index (χ1) is 12.1. The normalized spacial score (nSPS) is 15.2. The molecule has 0 atom stereocenters. The van der Waals surface area contributed by atoms with Crippen LogP contribution in [0.1, 0.15) is 34.6 Å². The van der Waals surface area contributed by atoms with E-state index in [1.807, 2.05) is 25.1 Å². The predicted octanol–water partition coefficient (Wildman–Crippen LogP) is 1.93. The molecule has 0 bridgehead atoms. The van der Waals surface area contributed by atoms with Crippen LogP contribution in [0.15, 0.2) is 36.7 Å². The summed E-state index contributed by atoms with van der Waals surface area (Å²) in [5.74, 6) is 0.0285. The largest absolute Gasteiger partial charge is 0.356 e. The number of piperidine rings is 1. The fourth-order valence-corrected chi connectivity index (χ4v) is 3.19. The highest BCUT2D eigenvalue weighted by atomic mass is 16.2. The first kappa shape index (κ1) is 17.2. The molecule has 132 valence electrons. The Morgan fingerprint density at radius 1 is 1.24 bits per heavy atom. The highest BCUT2D eigenvalue weighted by molar-refractivity contribution is 5.93. The molecule has 6 heteroatoms. The molecule has 0 aliphatic carbocycles. The summed E-state index contributed by atoms with van der Waals surface area (Å²) in [6, 6.07) is 10.1. The lowest BCUT2D eigenvalue weighted by molar-refractivity contribution is -0.126. The first-order valence-electron chi connectivity index (χ1n) is 8.76. The maximum atomic E-state index is 12.4. The van der Waals surface area contributed by atoms with Crippen LogP contribution in [0.5, 0.6) is 0 Å². The highest BCUT2D eigenvalue weighted by Gasteiger charge is 2.28. The molecule has 1 aromatic carbocycles. The summed E-state index contributed by atoms with van der Waals surface area (Å²) in [6.45, 7) is 3.69. The van der Waals surface area contributed by atoms with Crippen LogP contribution in [0.2, 0.25) is 0 Å². The maximum Gasteiger partial charge on any atom is 0.274 e. The van der Waals surface area contributed by atoms with Gasteiger partial charge >= 0.3 is 0 Å². The molecule has 1 saturated heterocycles. The molecule has 0 spiro atoms. The third-order valence-corrected chi connectivity index (χ3v) is 4.74. The van der Waals surface area contributed by atoms with Crippen molar-refractivity contribution in [2.75, 3.05) is 19.6 Å². The number of nitrogens with zero attached hydrogens (tertiary/aromatic N) is 2. The number of nitrogens with one attached hydrogen (secondary N) is 2. The maximum absolute atomic E-state index is 12.4. The number of likely N-dealkylation sites (tertiary alicyclic amines) is 1. The Kier molecular flexibility index (Phi) is 5.48. The highest BCUT2D eigenvalue weighted by Crippen LogP contribution is 2.19. The van der Waals surface area contributed by atoms with Crippen molar-refractivity contribution in [3.8, 4) is 0 Å². The number of H-pyrrole nitrogens is 1. The van der Waals surface area contributed by atoms with Gasteiger partial charge in [-0.25, -0.2) is 4.98 Å². The molecule has 0 radical (unpaired) electrons. The molecule has 1 aromatic heterocycles. The average molecular weight is 340 g/mol. The Labute approximate surface area is 147 Å². The summed E-state index contributed by atoms with van der Waals surface area (Å²) < 4.78 is 0. The van der Waals surface area contributed by atoms with Gasteiger partial charge in [0.15, 0.2) is 0 Å². The van der Waals surface area contributed by atoms with E-state index in [1.165, 1.54) is 11.9 Å². The number of carbonyl (C=O) groups excluding carboxylic acids is 2. The van der Waals surface area contributed by atoms with Crippen LogP contribution in [0.4, 0.5) is 0 Å². The first-order valence-corrected chi connectivity index (χ1v) is 8.76. The minimum atomic E-state index is -0.0540. The molecule has 0 saturated carbocycles. The molecule has 2 N–H and O–H groups in total. The molecule has 25 heavy (non-hydrogen) atoms.